The lowest BCUT2D eigenvalue weighted by Gasteiger charge is -2.16. The number of hydrogen-bond donors (Lipinski definition) is 2. The van der Waals surface area contributed by atoms with Gasteiger partial charge in [-0.2, -0.15) is 0 Å². The predicted octanol–water partition coefficient (Wildman–Crippen LogP) is 1.81. The van der Waals surface area contributed by atoms with Crippen molar-refractivity contribution in [3.8, 4) is 11.5 Å². The first-order chi connectivity index (χ1) is 9.58. The summed E-state index contributed by atoms with van der Waals surface area (Å²) in [6.45, 7) is 2.04. The van der Waals surface area contributed by atoms with E-state index in [1.165, 1.54) is 0 Å². The molecule has 3 atom stereocenters. The number of carbonyl (C=O) groups is 1. The standard InChI is InChI=1S/C14H17NO4S/c1-7-3-8-4-12(18-2)9(5-11(8)19-7)13-15-10(6-20-13)14(16)17/h4-5,7,10,13,15H,3,6H2,1-2H3,(H,16,17)/t7?,10-,13?/m1/s1. The molecule has 0 amide bonds. The van der Waals surface area contributed by atoms with Crippen LogP contribution in [0.5, 0.6) is 11.5 Å². The van der Waals surface area contributed by atoms with E-state index < -0.39 is 12.0 Å². The SMILES string of the molecule is COc1cc2c(cc1C1N[C@@H](C(=O)O)CS1)OC(C)C2. The van der Waals surface area contributed by atoms with Gasteiger partial charge in [0, 0.05) is 23.3 Å². The number of carboxylic acid groups (broad SMARTS) is 1. The molecule has 0 bridgehead atoms. The number of ether oxygens (including phenoxy) is 2. The zero-order valence-corrected chi connectivity index (χ0v) is 12.2. The lowest BCUT2D eigenvalue weighted by atomic mass is 10.1. The number of carboxylic acids is 1. The summed E-state index contributed by atoms with van der Waals surface area (Å²) in [7, 11) is 1.64. The molecule has 5 nitrogen and oxygen atoms in total. The van der Waals surface area contributed by atoms with Gasteiger partial charge in [-0.25, -0.2) is 0 Å². The molecule has 2 aliphatic heterocycles. The van der Waals surface area contributed by atoms with E-state index in [2.05, 4.69) is 5.32 Å². The summed E-state index contributed by atoms with van der Waals surface area (Å²) in [5.74, 6) is 1.41. The van der Waals surface area contributed by atoms with Gasteiger partial charge in [-0.3, -0.25) is 10.1 Å². The summed E-state index contributed by atoms with van der Waals surface area (Å²) in [4.78, 5) is 11.0. The fourth-order valence-corrected chi connectivity index (χ4v) is 3.88. The van der Waals surface area contributed by atoms with Crippen LogP contribution in [0.1, 0.15) is 23.4 Å². The van der Waals surface area contributed by atoms with Crippen LogP contribution in [0.15, 0.2) is 12.1 Å². The Labute approximate surface area is 121 Å². The minimum atomic E-state index is -0.815. The summed E-state index contributed by atoms with van der Waals surface area (Å²) in [5, 5.41) is 12.1. The average Bonchev–Trinajstić information content (AvgIpc) is 3.01. The lowest BCUT2D eigenvalue weighted by molar-refractivity contribution is -0.138. The van der Waals surface area contributed by atoms with E-state index in [0.717, 1.165) is 29.0 Å². The van der Waals surface area contributed by atoms with Crippen molar-refractivity contribution in [3.63, 3.8) is 0 Å². The fraction of sp³-hybridized carbons (Fsp3) is 0.500. The molecule has 2 aliphatic rings. The van der Waals surface area contributed by atoms with Gasteiger partial charge in [-0.05, 0) is 19.1 Å². The highest BCUT2D eigenvalue weighted by molar-refractivity contribution is 7.99. The number of thioether (sulfide) groups is 1. The van der Waals surface area contributed by atoms with Crippen molar-refractivity contribution in [1.29, 1.82) is 0 Å². The van der Waals surface area contributed by atoms with Crippen molar-refractivity contribution in [2.75, 3.05) is 12.9 Å². The first-order valence-electron chi connectivity index (χ1n) is 6.56. The molecule has 6 heteroatoms. The Morgan fingerprint density at radius 3 is 3.00 bits per heavy atom. The number of methoxy groups -OCH3 is 1. The Hall–Kier alpha value is -1.40. The molecule has 2 heterocycles. The van der Waals surface area contributed by atoms with Gasteiger partial charge >= 0.3 is 5.97 Å². The number of nitrogens with one attached hydrogen (secondary N) is 1. The van der Waals surface area contributed by atoms with Crippen LogP contribution in [0.25, 0.3) is 0 Å². The van der Waals surface area contributed by atoms with Gasteiger partial charge in [0.1, 0.15) is 23.6 Å². The van der Waals surface area contributed by atoms with Gasteiger partial charge < -0.3 is 14.6 Å². The van der Waals surface area contributed by atoms with E-state index >= 15 is 0 Å². The van der Waals surface area contributed by atoms with Gasteiger partial charge in [-0.1, -0.05) is 0 Å². The number of aliphatic carboxylic acids is 1. The largest absolute Gasteiger partial charge is 0.496 e. The Kier molecular flexibility index (Phi) is 3.52. The molecule has 1 fully saturated rings. The van der Waals surface area contributed by atoms with E-state index in [-0.39, 0.29) is 11.5 Å². The average molecular weight is 295 g/mol. The maximum atomic E-state index is 11.0. The number of fused-ring (bicyclic) bond motifs is 1. The third-order valence-electron chi connectivity index (χ3n) is 3.61. The molecule has 1 aromatic carbocycles. The molecule has 20 heavy (non-hydrogen) atoms. The molecule has 1 saturated heterocycles. The van der Waals surface area contributed by atoms with Crippen molar-refractivity contribution in [2.45, 2.75) is 30.9 Å². The normalized spacial score (nSPS) is 28.0. The molecule has 1 aromatic rings. The Balaban J connectivity index is 1.90. The zero-order chi connectivity index (χ0) is 14.3. The van der Waals surface area contributed by atoms with Gasteiger partial charge in [-0.15, -0.1) is 11.8 Å². The van der Waals surface area contributed by atoms with Crippen molar-refractivity contribution >= 4 is 17.7 Å². The van der Waals surface area contributed by atoms with E-state index in [1.54, 1.807) is 18.9 Å². The minimum absolute atomic E-state index is 0.0733. The quantitative estimate of drug-likeness (QED) is 0.886. The lowest BCUT2D eigenvalue weighted by Crippen LogP contribution is -2.33. The second-order valence-corrected chi connectivity index (χ2v) is 6.24. The summed E-state index contributed by atoms with van der Waals surface area (Å²) < 4.78 is 11.2. The Morgan fingerprint density at radius 1 is 1.55 bits per heavy atom. The molecular formula is C14H17NO4S. The van der Waals surface area contributed by atoms with Crippen LogP contribution in [-0.2, 0) is 11.2 Å². The molecule has 0 radical (unpaired) electrons. The zero-order valence-electron chi connectivity index (χ0n) is 11.4. The van der Waals surface area contributed by atoms with Crippen molar-refractivity contribution < 1.29 is 19.4 Å². The number of rotatable bonds is 3. The molecule has 0 saturated carbocycles. The molecule has 0 aliphatic carbocycles. The first-order valence-corrected chi connectivity index (χ1v) is 7.61. The smallest absolute Gasteiger partial charge is 0.321 e. The molecule has 0 aromatic heterocycles. The Bertz CT molecular complexity index is 548. The van der Waals surface area contributed by atoms with Gasteiger partial charge in [0.2, 0.25) is 0 Å². The highest BCUT2D eigenvalue weighted by Gasteiger charge is 2.33. The second-order valence-electron chi connectivity index (χ2n) is 5.11. The first kappa shape index (κ1) is 13.6. The summed E-state index contributed by atoms with van der Waals surface area (Å²) in [6.07, 6.45) is 1.07. The van der Waals surface area contributed by atoms with Crippen molar-refractivity contribution in [2.24, 2.45) is 0 Å². The predicted molar refractivity (Wildman–Crippen MR) is 76.5 cm³/mol. The molecule has 0 spiro atoms. The maximum absolute atomic E-state index is 11.0. The monoisotopic (exact) mass is 295 g/mol. The van der Waals surface area contributed by atoms with E-state index in [9.17, 15) is 4.79 Å². The van der Waals surface area contributed by atoms with Gasteiger partial charge in [0.25, 0.3) is 0 Å². The Morgan fingerprint density at radius 2 is 2.35 bits per heavy atom. The van der Waals surface area contributed by atoms with Crippen LogP contribution in [0.2, 0.25) is 0 Å². The van der Waals surface area contributed by atoms with Crippen LogP contribution in [-0.4, -0.2) is 36.1 Å². The number of hydrogen-bond acceptors (Lipinski definition) is 5. The molecule has 108 valence electrons. The highest BCUT2D eigenvalue weighted by atomic mass is 32.2. The van der Waals surface area contributed by atoms with E-state index in [4.69, 9.17) is 14.6 Å². The molecule has 2 N–H and O–H groups in total. The minimum Gasteiger partial charge on any atom is -0.496 e. The van der Waals surface area contributed by atoms with E-state index in [1.807, 2.05) is 19.1 Å². The van der Waals surface area contributed by atoms with Crippen LogP contribution in [0.4, 0.5) is 0 Å². The second kappa shape index (κ2) is 5.18. The molecular weight excluding hydrogens is 278 g/mol. The van der Waals surface area contributed by atoms with E-state index in [0.29, 0.717) is 5.75 Å². The van der Waals surface area contributed by atoms with Crippen molar-refractivity contribution in [3.05, 3.63) is 23.3 Å². The third-order valence-corrected chi connectivity index (χ3v) is 4.86. The summed E-state index contributed by atoms with van der Waals surface area (Å²) in [6, 6.07) is 3.47. The van der Waals surface area contributed by atoms with Crippen LogP contribution >= 0.6 is 11.8 Å². The summed E-state index contributed by atoms with van der Waals surface area (Å²) >= 11 is 1.58. The number of benzene rings is 1. The fourth-order valence-electron chi connectivity index (χ4n) is 2.63. The molecule has 2 unspecified atom stereocenters. The molecule has 3 rings (SSSR count). The van der Waals surface area contributed by atoms with Gasteiger partial charge in [0.15, 0.2) is 0 Å². The topological polar surface area (TPSA) is 67.8 Å². The van der Waals surface area contributed by atoms with Crippen molar-refractivity contribution in [1.82, 2.24) is 5.32 Å². The summed E-state index contributed by atoms with van der Waals surface area (Å²) in [5.41, 5.74) is 2.10. The maximum Gasteiger partial charge on any atom is 0.321 e. The van der Waals surface area contributed by atoms with Crippen LogP contribution in [0.3, 0.4) is 0 Å². The van der Waals surface area contributed by atoms with Crippen LogP contribution in [0, 0.1) is 0 Å². The highest BCUT2D eigenvalue weighted by Crippen LogP contribution is 2.42. The van der Waals surface area contributed by atoms with Gasteiger partial charge in [0.05, 0.1) is 12.5 Å². The van der Waals surface area contributed by atoms with Crippen LogP contribution < -0.4 is 14.8 Å². The third kappa shape index (κ3) is 2.33.